The molecule has 2 saturated carbocycles. The molecule has 168 valence electrons. The number of fused-ring (bicyclic) bond motifs is 2. The van der Waals surface area contributed by atoms with E-state index in [1.54, 1.807) is 48.5 Å². The number of carbonyl (C=O) groups is 3. The maximum absolute atomic E-state index is 12.7. The highest BCUT2D eigenvalue weighted by Gasteiger charge is 2.70. The van der Waals surface area contributed by atoms with E-state index in [9.17, 15) is 14.4 Å². The molecule has 2 fully saturated rings. The maximum atomic E-state index is 12.7. The van der Waals surface area contributed by atoms with E-state index < -0.39 is 16.8 Å². The third kappa shape index (κ3) is 3.78. The van der Waals surface area contributed by atoms with Crippen molar-refractivity contribution >= 4 is 17.9 Å². The van der Waals surface area contributed by atoms with Crippen LogP contribution in [0.3, 0.4) is 0 Å². The summed E-state index contributed by atoms with van der Waals surface area (Å²) < 4.78 is 17.3. The lowest BCUT2D eigenvalue weighted by Crippen LogP contribution is -2.43. The smallest absolute Gasteiger partial charge is 0.338 e. The topological polar surface area (TPSA) is 78.9 Å². The van der Waals surface area contributed by atoms with Crippen LogP contribution < -0.4 is 0 Å². The molecule has 0 aliphatic heterocycles. The van der Waals surface area contributed by atoms with Crippen LogP contribution in [0.15, 0.2) is 60.7 Å². The van der Waals surface area contributed by atoms with Crippen LogP contribution in [-0.4, -0.2) is 36.7 Å². The molecular formula is C26H28O6. The highest BCUT2D eigenvalue weighted by molar-refractivity contribution is 5.90. The summed E-state index contributed by atoms with van der Waals surface area (Å²) in [5.74, 6) is -1.21. The Morgan fingerprint density at radius 1 is 0.875 bits per heavy atom. The van der Waals surface area contributed by atoms with E-state index in [1.165, 1.54) is 6.92 Å². The van der Waals surface area contributed by atoms with Gasteiger partial charge >= 0.3 is 17.9 Å². The first-order valence-corrected chi connectivity index (χ1v) is 10.9. The number of benzene rings is 2. The fourth-order valence-corrected chi connectivity index (χ4v) is 5.46. The number of ether oxygens (including phenoxy) is 3. The second-order valence-electron chi connectivity index (χ2n) is 9.23. The lowest BCUT2D eigenvalue weighted by Gasteiger charge is -2.40. The Morgan fingerprint density at radius 3 is 2.00 bits per heavy atom. The number of rotatable bonds is 6. The van der Waals surface area contributed by atoms with Gasteiger partial charge in [-0.05, 0) is 37.1 Å². The van der Waals surface area contributed by atoms with Crippen LogP contribution in [0, 0.1) is 16.7 Å². The highest BCUT2D eigenvalue weighted by atomic mass is 16.6. The van der Waals surface area contributed by atoms with Gasteiger partial charge in [0.05, 0.1) is 17.7 Å². The average molecular weight is 437 g/mol. The molecule has 0 amide bonds. The predicted molar refractivity (Wildman–Crippen MR) is 117 cm³/mol. The molecule has 6 nitrogen and oxygen atoms in total. The first-order chi connectivity index (χ1) is 15.2. The molecule has 2 aliphatic carbocycles. The molecule has 0 spiro atoms. The van der Waals surface area contributed by atoms with E-state index >= 15 is 0 Å². The van der Waals surface area contributed by atoms with Crippen LogP contribution in [0.5, 0.6) is 0 Å². The van der Waals surface area contributed by atoms with Crippen molar-refractivity contribution in [2.45, 2.75) is 45.8 Å². The van der Waals surface area contributed by atoms with E-state index in [2.05, 4.69) is 0 Å². The molecule has 0 heterocycles. The monoisotopic (exact) mass is 436 g/mol. The largest absolute Gasteiger partial charge is 0.462 e. The van der Waals surface area contributed by atoms with Gasteiger partial charge in [-0.15, -0.1) is 0 Å². The quantitative estimate of drug-likeness (QED) is 0.492. The summed E-state index contributed by atoms with van der Waals surface area (Å²) in [7, 11) is 0. The minimum Gasteiger partial charge on any atom is -0.462 e. The molecule has 0 N–H and O–H groups in total. The summed E-state index contributed by atoms with van der Waals surface area (Å²) in [6.07, 6.45) is 0.424. The lowest BCUT2D eigenvalue weighted by molar-refractivity contribution is -0.151. The van der Waals surface area contributed by atoms with Gasteiger partial charge in [0, 0.05) is 23.7 Å². The first-order valence-electron chi connectivity index (χ1n) is 10.9. The molecule has 2 aliphatic rings. The van der Waals surface area contributed by atoms with Crippen molar-refractivity contribution in [1.29, 1.82) is 0 Å². The first kappa shape index (κ1) is 22.1. The van der Waals surface area contributed by atoms with Gasteiger partial charge in [0.1, 0.15) is 12.2 Å². The molecule has 2 bridgehead atoms. The molecule has 32 heavy (non-hydrogen) atoms. The van der Waals surface area contributed by atoms with Crippen LogP contribution >= 0.6 is 0 Å². The van der Waals surface area contributed by atoms with E-state index in [4.69, 9.17) is 14.2 Å². The van der Waals surface area contributed by atoms with Crippen molar-refractivity contribution in [3.05, 3.63) is 71.8 Å². The van der Waals surface area contributed by atoms with Gasteiger partial charge < -0.3 is 14.2 Å². The second kappa shape index (κ2) is 8.41. The van der Waals surface area contributed by atoms with Gasteiger partial charge in [-0.1, -0.05) is 50.2 Å². The minimum atomic E-state index is -0.515. The zero-order chi connectivity index (χ0) is 22.9. The Labute approximate surface area is 187 Å². The Morgan fingerprint density at radius 2 is 1.44 bits per heavy atom. The molecule has 2 aromatic carbocycles. The van der Waals surface area contributed by atoms with Crippen LogP contribution in [0.1, 0.15) is 54.3 Å². The van der Waals surface area contributed by atoms with Gasteiger partial charge in [0.2, 0.25) is 0 Å². The summed E-state index contributed by atoms with van der Waals surface area (Å²) >= 11 is 0. The van der Waals surface area contributed by atoms with Crippen molar-refractivity contribution < 1.29 is 28.6 Å². The van der Waals surface area contributed by atoms with Crippen molar-refractivity contribution in [2.75, 3.05) is 6.61 Å². The Bertz CT molecular complexity index is 1000. The van der Waals surface area contributed by atoms with Crippen LogP contribution in [-0.2, 0) is 19.0 Å². The van der Waals surface area contributed by atoms with Crippen molar-refractivity contribution in [1.82, 2.24) is 0 Å². The van der Waals surface area contributed by atoms with E-state index in [0.29, 0.717) is 24.0 Å². The zero-order valence-corrected chi connectivity index (χ0v) is 18.6. The van der Waals surface area contributed by atoms with Crippen LogP contribution in [0.2, 0.25) is 0 Å². The molecular weight excluding hydrogens is 408 g/mol. The maximum Gasteiger partial charge on any atom is 0.338 e. The van der Waals surface area contributed by atoms with Gasteiger partial charge in [-0.3, -0.25) is 4.79 Å². The Balaban J connectivity index is 1.55. The van der Waals surface area contributed by atoms with E-state index in [0.717, 1.165) is 0 Å². The second-order valence-corrected chi connectivity index (χ2v) is 9.23. The van der Waals surface area contributed by atoms with Crippen LogP contribution in [0.25, 0.3) is 0 Å². The molecule has 0 radical (unpaired) electrons. The van der Waals surface area contributed by atoms with Crippen molar-refractivity contribution in [3.8, 4) is 0 Å². The molecule has 4 rings (SSSR count). The van der Waals surface area contributed by atoms with E-state index in [-0.39, 0.29) is 36.7 Å². The van der Waals surface area contributed by atoms with Crippen molar-refractivity contribution in [2.24, 2.45) is 16.7 Å². The predicted octanol–water partition coefficient (Wildman–Crippen LogP) is 4.44. The summed E-state index contributed by atoms with van der Waals surface area (Å²) in [5, 5.41) is 0. The van der Waals surface area contributed by atoms with Gasteiger partial charge in [0.15, 0.2) is 0 Å². The standard InChI is InChI=1S/C26H28O6/c1-17(27)31-21-15-25(2)22(32-24(29)19-12-8-5-9-13-19)14-20(21)26(25,3)16-30-23(28)18-10-6-4-7-11-18/h4-13,20-22H,14-16H2,1-3H3/t20-,21-,22-,25-,26-/m1/s1. The SMILES string of the molecule is CC(=O)O[C@@H]1C[C@]2(C)[C@H](OC(=O)c3ccccc3)C[C@H]1[C@@]2(C)COC(=O)c1ccccc1. The summed E-state index contributed by atoms with van der Waals surface area (Å²) in [4.78, 5) is 37.0. The molecule has 0 saturated heterocycles. The highest BCUT2D eigenvalue weighted by Crippen LogP contribution is 2.67. The molecule has 0 unspecified atom stereocenters. The number of esters is 3. The molecule has 6 heteroatoms. The normalized spacial score (nSPS) is 30.5. The number of hydrogen-bond acceptors (Lipinski definition) is 6. The van der Waals surface area contributed by atoms with Gasteiger partial charge in [-0.2, -0.15) is 0 Å². The third-order valence-corrected chi connectivity index (χ3v) is 7.46. The molecule has 2 aromatic rings. The zero-order valence-electron chi connectivity index (χ0n) is 18.6. The van der Waals surface area contributed by atoms with Gasteiger partial charge in [0.25, 0.3) is 0 Å². The lowest BCUT2D eigenvalue weighted by atomic mass is 9.69. The fourth-order valence-electron chi connectivity index (χ4n) is 5.46. The summed E-state index contributed by atoms with van der Waals surface area (Å²) in [5.41, 5.74) is -0.0546. The average Bonchev–Trinajstić information content (AvgIpc) is 3.12. The van der Waals surface area contributed by atoms with Gasteiger partial charge in [-0.25, -0.2) is 9.59 Å². The Hall–Kier alpha value is -3.15. The van der Waals surface area contributed by atoms with Crippen molar-refractivity contribution in [3.63, 3.8) is 0 Å². The van der Waals surface area contributed by atoms with E-state index in [1.807, 2.05) is 26.0 Å². The number of carbonyl (C=O) groups excluding carboxylic acids is 3. The third-order valence-electron chi connectivity index (χ3n) is 7.46. The van der Waals surface area contributed by atoms with Crippen LogP contribution in [0.4, 0.5) is 0 Å². The number of hydrogen-bond donors (Lipinski definition) is 0. The molecule has 5 atom stereocenters. The summed E-state index contributed by atoms with van der Waals surface area (Å²) in [6, 6.07) is 17.7. The minimum absolute atomic E-state index is 0.0893. The fraction of sp³-hybridized carbons (Fsp3) is 0.423. The molecule has 0 aromatic heterocycles. The Kier molecular flexibility index (Phi) is 5.80. The summed E-state index contributed by atoms with van der Waals surface area (Å²) in [6.45, 7) is 5.62.